The summed E-state index contributed by atoms with van der Waals surface area (Å²) < 4.78 is 10.8. The monoisotopic (exact) mass is 310 g/mol. The number of thiazole rings is 1. The Morgan fingerprint density at radius 1 is 1.57 bits per heavy atom. The first kappa shape index (κ1) is 14.8. The summed E-state index contributed by atoms with van der Waals surface area (Å²) in [6, 6.07) is 0. The van der Waals surface area contributed by atoms with Gasteiger partial charge in [0, 0.05) is 18.0 Å². The van der Waals surface area contributed by atoms with Crippen LogP contribution >= 0.6 is 11.3 Å². The molecule has 0 bridgehead atoms. The predicted molar refractivity (Wildman–Crippen MR) is 82.1 cm³/mol. The molecular weight excluding hydrogens is 288 g/mol. The van der Waals surface area contributed by atoms with Crippen molar-refractivity contribution < 1.29 is 14.3 Å². The van der Waals surface area contributed by atoms with E-state index in [-0.39, 0.29) is 18.0 Å². The lowest BCUT2D eigenvalue weighted by Gasteiger charge is -2.30. The number of esters is 1. The molecule has 1 aliphatic heterocycles. The second-order valence-electron chi connectivity index (χ2n) is 5.63. The third kappa shape index (κ3) is 3.06. The van der Waals surface area contributed by atoms with Gasteiger partial charge in [-0.3, -0.25) is 4.79 Å². The molecule has 1 aliphatic carbocycles. The van der Waals surface area contributed by atoms with Crippen LogP contribution in [0, 0.1) is 0 Å². The lowest BCUT2D eigenvalue weighted by atomic mass is 9.91. The molecule has 6 heteroatoms. The van der Waals surface area contributed by atoms with E-state index in [1.807, 2.05) is 6.92 Å². The largest absolute Gasteiger partial charge is 0.465 e. The van der Waals surface area contributed by atoms with Crippen molar-refractivity contribution in [2.24, 2.45) is 0 Å². The zero-order chi connectivity index (χ0) is 14.8. The molecule has 1 fully saturated rings. The molecule has 21 heavy (non-hydrogen) atoms. The fraction of sp³-hybridized carbons (Fsp3) is 0.733. The second kappa shape index (κ2) is 6.32. The summed E-state index contributed by atoms with van der Waals surface area (Å²) in [5.74, 6) is -0.289. The van der Waals surface area contributed by atoms with Crippen molar-refractivity contribution >= 4 is 22.4 Å². The highest BCUT2D eigenvalue weighted by Gasteiger charge is 2.32. The molecule has 2 heterocycles. The molecular formula is C15H22N2O3S. The number of aryl methyl sites for hydroxylation is 1. The van der Waals surface area contributed by atoms with Crippen LogP contribution in [0.25, 0.3) is 0 Å². The molecule has 5 nitrogen and oxygen atoms in total. The topological polar surface area (TPSA) is 51.7 Å². The number of carbonyl (C=O) groups excluding carboxylic acids is 1. The summed E-state index contributed by atoms with van der Waals surface area (Å²) in [6.07, 6.45) is 3.16. The molecule has 0 saturated carbocycles. The maximum Gasteiger partial charge on any atom is 0.315 e. The van der Waals surface area contributed by atoms with E-state index in [0.29, 0.717) is 6.61 Å². The van der Waals surface area contributed by atoms with Gasteiger partial charge in [-0.25, -0.2) is 4.98 Å². The zero-order valence-corrected chi connectivity index (χ0v) is 13.4. The van der Waals surface area contributed by atoms with Crippen molar-refractivity contribution in [2.75, 3.05) is 31.2 Å². The van der Waals surface area contributed by atoms with Crippen molar-refractivity contribution in [3.05, 3.63) is 10.6 Å². The smallest absolute Gasteiger partial charge is 0.315 e. The number of anilines is 1. The van der Waals surface area contributed by atoms with Crippen LogP contribution < -0.4 is 4.90 Å². The summed E-state index contributed by atoms with van der Waals surface area (Å²) in [6.45, 7) is 6.86. The Morgan fingerprint density at radius 3 is 3.19 bits per heavy atom. The quantitative estimate of drug-likeness (QED) is 0.802. The Kier molecular flexibility index (Phi) is 4.45. The molecule has 3 rings (SSSR count). The number of rotatable bonds is 3. The highest BCUT2D eigenvalue weighted by Crippen LogP contribution is 2.38. The molecule has 1 aromatic heterocycles. The average Bonchev–Trinajstić information content (AvgIpc) is 2.91. The Morgan fingerprint density at radius 2 is 2.43 bits per heavy atom. The van der Waals surface area contributed by atoms with Gasteiger partial charge in [-0.2, -0.15) is 0 Å². The second-order valence-corrected chi connectivity index (χ2v) is 6.69. The Balaban J connectivity index is 1.82. The van der Waals surface area contributed by atoms with Gasteiger partial charge in [-0.05, 0) is 33.1 Å². The molecule has 0 spiro atoms. The summed E-state index contributed by atoms with van der Waals surface area (Å²) in [4.78, 5) is 20.4. The van der Waals surface area contributed by atoms with Crippen LogP contribution in [0.1, 0.15) is 43.2 Å². The minimum atomic E-state index is -0.169. The van der Waals surface area contributed by atoms with Crippen LogP contribution in [-0.4, -0.2) is 43.4 Å². The summed E-state index contributed by atoms with van der Waals surface area (Å²) in [5, 5.41) is 1.03. The molecule has 0 radical (unpaired) electrons. The van der Waals surface area contributed by atoms with Crippen molar-refractivity contribution in [3.8, 4) is 0 Å². The number of ether oxygens (including phenoxy) is 2. The van der Waals surface area contributed by atoms with Gasteiger partial charge >= 0.3 is 5.97 Å². The highest BCUT2D eigenvalue weighted by molar-refractivity contribution is 7.15. The van der Waals surface area contributed by atoms with Gasteiger partial charge in [0.05, 0.1) is 25.0 Å². The number of morpholine rings is 1. The fourth-order valence-corrected chi connectivity index (χ4v) is 4.20. The normalized spacial score (nSPS) is 25.5. The highest BCUT2D eigenvalue weighted by atomic mass is 32.1. The fourth-order valence-electron chi connectivity index (χ4n) is 3.01. The van der Waals surface area contributed by atoms with Crippen LogP contribution in [-0.2, 0) is 20.7 Å². The third-order valence-electron chi connectivity index (χ3n) is 4.03. The molecule has 0 amide bonds. The first-order chi connectivity index (χ1) is 10.2. The molecule has 1 aromatic rings. The molecule has 2 unspecified atom stereocenters. The first-order valence-corrected chi connectivity index (χ1v) is 8.53. The van der Waals surface area contributed by atoms with Crippen LogP contribution in [0.5, 0.6) is 0 Å². The van der Waals surface area contributed by atoms with Crippen molar-refractivity contribution in [1.29, 1.82) is 0 Å². The average molecular weight is 310 g/mol. The van der Waals surface area contributed by atoms with Crippen LogP contribution in [0.3, 0.4) is 0 Å². The Bertz CT molecular complexity index is 517. The zero-order valence-electron chi connectivity index (χ0n) is 12.6. The van der Waals surface area contributed by atoms with Gasteiger partial charge in [-0.1, -0.05) is 0 Å². The molecule has 116 valence electrons. The van der Waals surface area contributed by atoms with Crippen molar-refractivity contribution in [1.82, 2.24) is 4.98 Å². The van der Waals surface area contributed by atoms with Gasteiger partial charge in [0.2, 0.25) is 0 Å². The van der Waals surface area contributed by atoms with E-state index >= 15 is 0 Å². The maximum atomic E-state index is 12.1. The van der Waals surface area contributed by atoms with Crippen LogP contribution in [0.15, 0.2) is 0 Å². The van der Waals surface area contributed by atoms with E-state index in [1.54, 1.807) is 11.3 Å². The van der Waals surface area contributed by atoms with E-state index in [2.05, 4.69) is 11.8 Å². The Hall–Kier alpha value is -1.14. The van der Waals surface area contributed by atoms with E-state index in [0.717, 1.165) is 49.8 Å². The predicted octanol–water partition coefficient (Wildman–Crippen LogP) is 2.35. The van der Waals surface area contributed by atoms with Crippen molar-refractivity contribution in [2.45, 2.75) is 45.1 Å². The minimum Gasteiger partial charge on any atom is -0.465 e. The summed E-state index contributed by atoms with van der Waals surface area (Å²) >= 11 is 1.73. The van der Waals surface area contributed by atoms with Crippen LogP contribution in [0.2, 0.25) is 0 Å². The van der Waals surface area contributed by atoms with E-state index in [1.165, 1.54) is 4.88 Å². The van der Waals surface area contributed by atoms with Crippen LogP contribution in [0.4, 0.5) is 5.13 Å². The standard InChI is InChI=1S/C15H22N2O3S/c1-3-19-14(18)11-5-4-6-12-13(11)16-15(21-12)17-7-8-20-10(2)9-17/h10-11H,3-9H2,1-2H3. The minimum absolute atomic E-state index is 0.120. The number of hydrogen-bond donors (Lipinski definition) is 0. The van der Waals surface area contributed by atoms with Gasteiger partial charge in [0.1, 0.15) is 5.92 Å². The molecule has 1 saturated heterocycles. The number of aromatic nitrogens is 1. The number of hydrogen-bond acceptors (Lipinski definition) is 6. The van der Waals surface area contributed by atoms with E-state index in [4.69, 9.17) is 14.5 Å². The number of carbonyl (C=O) groups is 1. The lowest BCUT2D eigenvalue weighted by molar-refractivity contribution is -0.145. The molecule has 2 atom stereocenters. The van der Waals surface area contributed by atoms with E-state index < -0.39 is 0 Å². The summed E-state index contributed by atoms with van der Waals surface area (Å²) in [5.41, 5.74) is 0.957. The lowest BCUT2D eigenvalue weighted by Crippen LogP contribution is -2.41. The first-order valence-electron chi connectivity index (χ1n) is 7.71. The van der Waals surface area contributed by atoms with E-state index in [9.17, 15) is 4.79 Å². The summed E-state index contributed by atoms with van der Waals surface area (Å²) in [7, 11) is 0. The maximum absolute atomic E-state index is 12.1. The van der Waals surface area contributed by atoms with Gasteiger partial charge in [0.15, 0.2) is 5.13 Å². The van der Waals surface area contributed by atoms with Gasteiger partial charge in [0.25, 0.3) is 0 Å². The number of nitrogens with zero attached hydrogens (tertiary/aromatic N) is 2. The third-order valence-corrected chi connectivity index (χ3v) is 5.22. The van der Waals surface area contributed by atoms with Gasteiger partial charge < -0.3 is 14.4 Å². The molecule has 2 aliphatic rings. The SMILES string of the molecule is CCOC(=O)C1CCCc2sc(N3CCOC(C)C3)nc21. The van der Waals surface area contributed by atoms with Crippen molar-refractivity contribution in [3.63, 3.8) is 0 Å². The molecule has 0 N–H and O–H groups in total. The molecule has 0 aromatic carbocycles. The number of fused-ring (bicyclic) bond motifs is 1. The van der Waals surface area contributed by atoms with Gasteiger partial charge in [-0.15, -0.1) is 11.3 Å². The Labute approximate surface area is 129 Å².